The topological polar surface area (TPSA) is 50.4 Å². The predicted molar refractivity (Wildman–Crippen MR) is 83.8 cm³/mol. The highest BCUT2D eigenvalue weighted by Crippen LogP contribution is 1.97. The van der Waals surface area contributed by atoms with E-state index in [-0.39, 0.29) is 5.91 Å². The van der Waals surface area contributed by atoms with Crippen molar-refractivity contribution in [1.82, 2.24) is 10.6 Å². The van der Waals surface area contributed by atoms with Gasteiger partial charge in [-0.2, -0.15) is 11.8 Å². The Morgan fingerprint density at radius 1 is 1.11 bits per heavy atom. The molecule has 0 bridgehead atoms. The molecular formula is C14H30N2O2S. The van der Waals surface area contributed by atoms with E-state index in [0.717, 1.165) is 57.0 Å². The van der Waals surface area contributed by atoms with E-state index in [0.29, 0.717) is 13.0 Å². The van der Waals surface area contributed by atoms with Crippen molar-refractivity contribution < 1.29 is 9.53 Å². The van der Waals surface area contributed by atoms with Gasteiger partial charge in [0.2, 0.25) is 5.91 Å². The van der Waals surface area contributed by atoms with Crippen molar-refractivity contribution in [2.75, 3.05) is 44.4 Å². The fraction of sp³-hybridized carbons (Fsp3) is 0.929. The normalized spacial score (nSPS) is 10.6. The lowest BCUT2D eigenvalue weighted by Gasteiger charge is -2.06. The molecule has 0 rings (SSSR count). The quantitative estimate of drug-likeness (QED) is 0.481. The van der Waals surface area contributed by atoms with Crippen LogP contribution in [0.4, 0.5) is 0 Å². The minimum atomic E-state index is 0.145. The first-order chi connectivity index (χ1) is 9.31. The largest absolute Gasteiger partial charge is 0.381 e. The first-order valence-electron chi connectivity index (χ1n) is 7.44. The summed E-state index contributed by atoms with van der Waals surface area (Å²) in [5.74, 6) is 2.24. The van der Waals surface area contributed by atoms with Crippen LogP contribution in [-0.2, 0) is 9.53 Å². The van der Waals surface area contributed by atoms with Crippen molar-refractivity contribution in [2.24, 2.45) is 0 Å². The van der Waals surface area contributed by atoms with Crippen LogP contribution >= 0.6 is 11.8 Å². The monoisotopic (exact) mass is 290 g/mol. The van der Waals surface area contributed by atoms with Gasteiger partial charge in [0.25, 0.3) is 0 Å². The molecule has 2 N–H and O–H groups in total. The highest BCUT2D eigenvalue weighted by Gasteiger charge is 2.00. The first-order valence-corrected chi connectivity index (χ1v) is 8.59. The third kappa shape index (κ3) is 15.7. The average Bonchev–Trinajstić information content (AvgIpc) is 2.41. The summed E-state index contributed by atoms with van der Waals surface area (Å²) >= 11 is 1.87. The number of carbonyl (C=O) groups excluding carboxylic acids is 1. The second-order valence-electron chi connectivity index (χ2n) is 4.39. The summed E-state index contributed by atoms with van der Waals surface area (Å²) in [6.45, 7) is 8.61. The van der Waals surface area contributed by atoms with Crippen LogP contribution in [0.1, 0.15) is 39.5 Å². The molecule has 0 aromatic heterocycles. The third-order valence-corrected chi connectivity index (χ3v) is 3.56. The molecule has 0 aromatic rings. The van der Waals surface area contributed by atoms with Crippen LogP contribution in [0.25, 0.3) is 0 Å². The van der Waals surface area contributed by atoms with Gasteiger partial charge in [0.15, 0.2) is 0 Å². The average molecular weight is 290 g/mol. The van der Waals surface area contributed by atoms with Crippen molar-refractivity contribution in [3.8, 4) is 0 Å². The molecule has 0 atom stereocenters. The highest BCUT2D eigenvalue weighted by atomic mass is 32.2. The first kappa shape index (κ1) is 18.7. The van der Waals surface area contributed by atoms with Crippen molar-refractivity contribution in [3.63, 3.8) is 0 Å². The Labute approximate surface area is 122 Å². The Morgan fingerprint density at radius 2 is 1.84 bits per heavy atom. The molecular weight excluding hydrogens is 260 g/mol. The molecule has 0 radical (unpaired) electrons. The van der Waals surface area contributed by atoms with E-state index in [1.165, 1.54) is 0 Å². The zero-order valence-electron chi connectivity index (χ0n) is 12.5. The summed E-state index contributed by atoms with van der Waals surface area (Å²) < 4.78 is 5.41. The summed E-state index contributed by atoms with van der Waals surface area (Å²) in [5.41, 5.74) is 0. The molecule has 1 amide bonds. The smallest absolute Gasteiger partial charge is 0.220 e. The number of nitrogens with one attached hydrogen (secondary N) is 2. The maximum Gasteiger partial charge on any atom is 0.220 e. The molecule has 19 heavy (non-hydrogen) atoms. The SMILES string of the molecule is CCCCOCCCC(=O)NCCSCCNCC. The van der Waals surface area contributed by atoms with E-state index in [1.54, 1.807) is 0 Å². The number of hydrogen-bond donors (Lipinski definition) is 2. The Balaban J connectivity index is 3.13. The van der Waals surface area contributed by atoms with Crippen LogP contribution < -0.4 is 10.6 Å². The van der Waals surface area contributed by atoms with Gasteiger partial charge in [0, 0.05) is 44.2 Å². The molecule has 0 saturated heterocycles. The summed E-state index contributed by atoms with van der Waals surface area (Å²) in [5, 5.41) is 6.21. The lowest BCUT2D eigenvalue weighted by atomic mass is 10.3. The molecule has 0 aliphatic heterocycles. The maximum atomic E-state index is 11.5. The molecule has 0 fully saturated rings. The number of unbranched alkanes of at least 4 members (excludes halogenated alkanes) is 1. The van der Waals surface area contributed by atoms with E-state index < -0.39 is 0 Å². The van der Waals surface area contributed by atoms with Crippen LogP contribution in [-0.4, -0.2) is 50.3 Å². The Morgan fingerprint density at radius 3 is 2.58 bits per heavy atom. The molecule has 0 spiro atoms. The van der Waals surface area contributed by atoms with Crippen LogP contribution in [0.5, 0.6) is 0 Å². The number of hydrogen-bond acceptors (Lipinski definition) is 4. The zero-order chi connectivity index (χ0) is 14.2. The zero-order valence-corrected chi connectivity index (χ0v) is 13.3. The maximum absolute atomic E-state index is 11.5. The summed E-state index contributed by atoms with van der Waals surface area (Å²) in [6.07, 6.45) is 3.67. The van der Waals surface area contributed by atoms with Crippen LogP contribution in [0.2, 0.25) is 0 Å². The number of amides is 1. The lowest BCUT2D eigenvalue weighted by molar-refractivity contribution is -0.121. The van der Waals surface area contributed by atoms with Crippen LogP contribution in [0.3, 0.4) is 0 Å². The van der Waals surface area contributed by atoms with Gasteiger partial charge in [-0.15, -0.1) is 0 Å². The molecule has 0 saturated carbocycles. The minimum absolute atomic E-state index is 0.145. The van der Waals surface area contributed by atoms with Gasteiger partial charge < -0.3 is 15.4 Å². The highest BCUT2D eigenvalue weighted by molar-refractivity contribution is 7.99. The fourth-order valence-corrected chi connectivity index (χ4v) is 2.20. The summed E-state index contributed by atoms with van der Waals surface area (Å²) in [4.78, 5) is 11.5. The van der Waals surface area contributed by atoms with Crippen molar-refractivity contribution in [1.29, 1.82) is 0 Å². The van der Waals surface area contributed by atoms with Crippen LogP contribution in [0.15, 0.2) is 0 Å². The number of ether oxygens (including phenoxy) is 1. The van der Waals surface area contributed by atoms with Crippen molar-refractivity contribution in [2.45, 2.75) is 39.5 Å². The van der Waals surface area contributed by atoms with Gasteiger partial charge in [0.1, 0.15) is 0 Å². The molecule has 0 unspecified atom stereocenters. The Bertz CT molecular complexity index is 204. The molecule has 5 heteroatoms. The molecule has 4 nitrogen and oxygen atoms in total. The molecule has 0 aliphatic carbocycles. The second kappa shape index (κ2) is 15.8. The molecule has 0 heterocycles. The van der Waals surface area contributed by atoms with Crippen LogP contribution in [0, 0.1) is 0 Å². The van der Waals surface area contributed by atoms with Gasteiger partial charge in [0.05, 0.1) is 0 Å². The van der Waals surface area contributed by atoms with Gasteiger partial charge in [-0.1, -0.05) is 20.3 Å². The third-order valence-electron chi connectivity index (χ3n) is 2.58. The van der Waals surface area contributed by atoms with Gasteiger partial charge in [-0.3, -0.25) is 4.79 Å². The predicted octanol–water partition coefficient (Wildman–Crippen LogP) is 2.04. The van der Waals surface area contributed by atoms with Crippen molar-refractivity contribution in [3.05, 3.63) is 0 Å². The summed E-state index contributed by atoms with van der Waals surface area (Å²) in [6, 6.07) is 0. The van der Waals surface area contributed by atoms with E-state index in [9.17, 15) is 4.79 Å². The van der Waals surface area contributed by atoms with E-state index in [4.69, 9.17) is 4.74 Å². The van der Waals surface area contributed by atoms with Crippen molar-refractivity contribution >= 4 is 17.7 Å². The molecule has 114 valence electrons. The Hall–Kier alpha value is -0.260. The fourth-order valence-electron chi connectivity index (χ4n) is 1.46. The van der Waals surface area contributed by atoms with Gasteiger partial charge in [-0.25, -0.2) is 0 Å². The standard InChI is InChI=1S/C14H30N2O2S/c1-3-5-10-18-11-6-7-14(17)16-9-13-19-12-8-15-4-2/h15H,3-13H2,1-2H3,(H,16,17). The number of rotatable bonds is 14. The van der Waals surface area contributed by atoms with E-state index in [2.05, 4.69) is 24.5 Å². The Kier molecular flexibility index (Phi) is 15.6. The summed E-state index contributed by atoms with van der Waals surface area (Å²) in [7, 11) is 0. The number of carbonyl (C=O) groups is 1. The minimum Gasteiger partial charge on any atom is -0.381 e. The van der Waals surface area contributed by atoms with Gasteiger partial charge in [-0.05, 0) is 19.4 Å². The van der Waals surface area contributed by atoms with E-state index in [1.807, 2.05) is 11.8 Å². The number of thioether (sulfide) groups is 1. The molecule has 0 aliphatic rings. The lowest BCUT2D eigenvalue weighted by Crippen LogP contribution is -2.26. The second-order valence-corrected chi connectivity index (χ2v) is 5.61. The molecule has 0 aromatic carbocycles. The van der Waals surface area contributed by atoms with Gasteiger partial charge >= 0.3 is 0 Å². The van der Waals surface area contributed by atoms with E-state index >= 15 is 0 Å².